The molecule has 0 radical (unpaired) electrons. The second-order valence-corrected chi connectivity index (χ2v) is 7.69. The Hall–Kier alpha value is -0.150. The van der Waals surface area contributed by atoms with Gasteiger partial charge in [-0.3, -0.25) is 4.39 Å². The van der Waals surface area contributed by atoms with Gasteiger partial charge in [-0.2, -0.15) is 0 Å². The van der Waals surface area contributed by atoms with Crippen LogP contribution >= 0.6 is 0 Å². The van der Waals surface area contributed by atoms with Gasteiger partial charge in [0.1, 0.15) is 0 Å². The maximum atomic E-state index is 9.50. The highest BCUT2D eigenvalue weighted by atomic mass is 19.1. The third kappa shape index (κ3) is 21.9. The van der Waals surface area contributed by atoms with Crippen LogP contribution in [0.15, 0.2) is 0 Å². The summed E-state index contributed by atoms with van der Waals surface area (Å²) in [5.41, 5.74) is 0. The first-order valence-corrected chi connectivity index (χ1v) is 11.1. The molecule has 0 bridgehead atoms. The van der Waals surface area contributed by atoms with Crippen molar-refractivity contribution in [1.82, 2.24) is 0 Å². The second kappa shape index (κ2) is 27.1. The summed E-state index contributed by atoms with van der Waals surface area (Å²) in [5, 5.41) is 0. The molecule has 0 aromatic rings. The van der Waals surface area contributed by atoms with Gasteiger partial charge in [0.2, 0.25) is 0 Å². The normalized spacial score (nSPS) is 18.1. The monoisotopic (exact) mass is 382 g/mol. The molecule has 0 aromatic heterocycles. The smallest absolute Gasteiger partial charge is 0.0785 e. The van der Waals surface area contributed by atoms with Crippen molar-refractivity contribution in [2.45, 2.75) is 125 Å². The van der Waals surface area contributed by atoms with Crippen molar-refractivity contribution in [3.8, 4) is 0 Å². The van der Waals surface area contributed by atoms with Crippen LogP contribution in [0.2, 0.25) is 0 Å². The Morgan fingerprint density at radius 3 is 1.62 bits per heavy atom. The molecule has 0 spiro atoms. The first-order chi connectivity index (χ1) is 11.7. The summed E-state index contributed by atoms with van der Waals surface area (Å²) in [4.78, 5) is 0. The minimum absolute atomic E-state index is 0. The predicted octanol–water partition coefficient (Wildman–Crippen LogP) is 7.58. The maximum absolute atomic E-state index is 9.50. The van der Waals surface area contributed by atoms with Crippen molar-refractivity contribution in [1.29, 1.82) is 0 Å². The highest BCUT2D eigenvalue weighted by molar-refractivity contribution is 4.66. The molecule has 1 atom stereocenters. The molecule has 0 aromatic carbocycles. The molecule has 1 unspecified atom stereocenters. The van der Waals surface area contributed by atoms with E-state index in [0.717, 1.165) is 17.8 Å². The second-order valence-electron chi connectivity index (χ2n) is 7.69. The number of hydrogen-bond donors (Lipinski definition) is 0. The van der Waals surface area contributed by atoms with E-state index >= 15 is 0 Å². The van der Waals surface area contributed by atoms with Crippen molar-refractivity contribution in [2.75, 3.05) is 7.18 Å². The van der Waals surface area contributed by atoms with Crippen molar-refractivity contribution in [2.24, 2.45) is 17.8 Å². The van der Waals surface area contributed by atoms with Gasteiger partial charge in [-0.25, -0.2) is 0 Å². The first-order valence-electron chi connectivity index (χ1n) is 11.1. The number of halogens is 1. The summed E-state index contributed by atoms with van der Waals surface area (Å²) in [6.45, 7) is 11.1. The minimum atomic E-state index is 0. The van der Waals surface area contributed by atoms with Crippen molar-refractivity contribution in [3.05, 3.63) is 0 Å². The van der Waals surface area contributed by atoms with Crippen molar-refractivity contribution in [3.63, 3.8) is 0 Å². The Labute approximate surface area is 166 Å². The molecule has 26 heavy (non-hydrogen) atoms. The zero-order valence-corrected chi connectivity index (χ0v) is 19.0. The van der Waals surface area contributed by atoms with E-state index in [-0.39, 0.29) is 12.4 Å². The summed E-state index contributed by atoms with van der Waals surface area (Å²) >= 11 is 0. The molecule has 166 valence electrons. The highest BCUT2D eigenvalue weighted by Crippen LogP contribution is 2.28. The van der Waals surface area contributed by atoms with E-state index < -0.39 is 0 Å². The zero-order valence-electron chi connectivity index (χ0n) is 19.0. The lowest BCUT2D eigenvalue weighted by molar-refractivity contribution is 0.320. The summed E-state index contributed by atoms with van der Waals surface area (Å²) in [6.07, 6.45) is 20.8. The Kier molecular flexibility index (Phi) is 34.8. The fourth-order valence-electron chi connectivity index (χ4n) is 3.74. The van der Waals surface area contributed by atoms with E-state index in [1.807, 2.05) is 13.8 Å². The van der Waals surface area contributed by atoms with Crippen LogP contribution in [0.25, 0.3) is 0 Å². The third-order valence-corrected chi connectivity index (χ3v) is 5.62. The molecule has 2 rings (SSSR count). The lowest BCUT2D eigenvalue weighted by atomic mass is 9.85. The molecule has 0 amide bonds. The minimum Gasteiger partial charge on any atom is -0.412 e. The number of alkyl halides is 1. The van der Waals surface area contributed by atoms with Gasteiger partial charge in [0.15, 0.2) is 0 Å². The molecule has 2 saturated carbocycles. The Morgan fingerprint density at radius 2 is 1.27 bits per heavy atom. The van der Waals surface area contributed by atoms with Gasteiger partial charge < -0.3 is 11.0 Å². The van der Waals surface area contributed by atoms with E-state index in [9.17, 15) is 4.39 Å². The van der Waals surface area contributed by atoms with E-state index in [2.05, 4.69) is 20.8 Å². The first kappa shape index (κ1) is 33.4. The topological polar surface area (TPSA) is 63.0 Å². The molecular formula is C23H55FO2. The Morgan fingerprint density at radius 1 is 0.846 bits per heavy atom. The number of hydrogen-bond acceptors (Lipinski definition) is 0. The van der Waals surface area contributed by atoms with Crippen LogP contribution in [0.5, 0.6) is 0 Å². The van der Waals surface area contributed by atoms with Gasteiger partial charge in [0.25, 0.3) is 0 Å². The van der Waals surface area contributed by atoms with Gasteiger partial charge in [-0.05, 0) is 17.8 Å². The van der Waals surface area contributed by atoms with Crippen LogP contribution in [0, 0.1) is 17.8 Å². The molecular weight excluding hydrogens is 327 g/mol. The average Bonchev–Trinajstić information content (AvgIpc) is 2.67. The lowest BCUT2D eigenvalue weighted by Gasteiger charge is -2.21. The Bertz CT molecular complexity index is 218. The molecule has 2 aliphatic rings. The average molecular weight is 383 g/mol. The van der Waals surface area contributed by atoms with Crippen molar-refractivity contribution < 1.29 is 16.8 Å². The van der Waals surface area contributed by atoms with Gasteiger partial charge in [0.05, 0.1) is 7.18 Å². The van der Waals surface area contributed by atoms with Crippen LogP contribution < -0.4 is 0 Å². The summed E-state index contributed by atoms with van der Waals surface area (Å²) < 4.78 is 9.50. The predicted molar refractivity (Wildman–Crippen MR) is 120 cm³/mol. The molecule has 2 fully saturated rings. The van der Waals surface area contributed by atoms with E-state index in [1.54, 1.807) is 0 Å². The molecule has 0 saturated heterocycles. The molecule has 0 heterocycles. The fraction of sp³-hybridized carbons (Fsp3) is 1.00. The van der Waals surface area contributed by atoms with Crippen LogP contribution in [0.1, 0.15) is 126 Å². The SMILES string of the molecule is CC.CC1CCCCC1.CCC(C)CCCC1CCCCC1.CF.O.O.[HH]. The molecule has 4 N–H and O–H groups in total. The Balaban J connectivity index is -0.0000000996. The highest BCUT2D eigenvalue weighted by Gasteiger charge is 2.12. The maximum Gasteiger partial charge on any atom is 0.0785 e. The molecule has 2 aliphatic carbocycles. The molecule has 2 nitrogen and oxygen atoms in total. The summed E-state index contributed by atoms with van der Waals surface area (Å²) in [5.74, 6) is 3.09. The fourth-order valence-corrected chi connectivity index (χ4v) is 3.74. The van der Waals surface area contributed by atoms with E-state index in [4.69, 9.17) is 0 Å². The summed E-state index contributed by atoms with van der Waals surface area (Å²) in [7, 11) is 0.500. The van der Waals surface area contributed by atoms with Gasteiger partial charge in [-0.15, -0.1) is 0 Å². The van der Waals surface area contributed by atoms with Crippen LogP contribution in [-0.2, 0) is 0 Å². The lowest BCUT2D eigenvalue weighted by Crippen LogP contribution is -2.06. The third-order valence-electron chi connectivity index (χ3n) is 5.62. The van der Waals surface area contributed by atoms with E-state index in [1.165, 1.54) is 89.9 Å². The largest absolute Gasteiger partial charge is 0.412 e. The summed E-state index contributed by atoms with van der Waals surface area (Å²) in [6, 6.07) is 0. The standard InChI is InChI=1S/C13H26.C7H14.C2H6.CH3F.2H2O.H2/c1-3-12(2)8-7-11-13-9-5-4-6-10-13;1-7-5-3-2-4-6-7;2*1-2;;;/h12-13H,3-11H2,1-2H3;7H,2-6H2,1H3;1-2H3;1H3;2*1H2;1H. The molecule has 3 heteroatoms. The van der Waals surface area contributed by atoms with Crippen LogP contribution in [0.3, 0.4) is 0 Å². The quantitative estimate of drug-likeness (QED) is 0.470. The van der Waals surface area contributed by atoms with E-state index in [0.29, 0.717) is 7.18 Å². The van der Waals surface area contributed by atoms with Gasteiger partial charge in [0, 0.05) is 1.43 Å². The van der Waals surface area contributed by atoms with Crippen LogP contribution in [-0.4, -0.2) is 18.1 Å². The van der Waals surface area contributed by atoms with Gasteiger partial charge in [-0.1, -0.05) is 125 Å². The van der Waals surface area contributed by atoms with Gasteiger partial charge >= 0.3 is 0 Å². The molecule has 0 aliphatic heterocycles. The van der Waals surface area contributed by atoms with Crippen LogP contribution in [0.4, 0.5) is 4.39 Å². The number of rotatable bonds is 5. The zero-order chi connectivity index (χ0) is 18.6. The van der Waals surface area contributed by atoms with Crippen molar-refractivity contribution >= 4 is 0 Å².